The number of benzene rings is 1. The lowest BCUT2D eigenvalue weighted by Crippen LogP contribution is -2.36. The largest absolute Gasteiger partial charge is 0.406 e. The molecule has 0 aliphatic rings. The van der Waals surface area contributed by atoms with Crippen LogP contribution in [0.15, 0.2) is 22.7 Å². The Balaban J connectivity index is 2.93. The van der Waals surface area contributed by atoms with E-state index in [4.69, 9.17) is 0 Å². The molecule has 17 heavy (non-hydrogen) atoms. The molecule has 1 aromatic rings. The summed E-state index contributed by atoms with van der Waals surface area (Å²) in [5.41, 5.74) is 0.226. The first-order valence-electron chi connectivity index (χ1n) is 4.48. The van der Waals surface area contributed by atoms with Crippen molar-refractivity contribution in [2.24, 2.45) is 0 Å². The monoisotopic (exact) mass is 421 g/mol. The van der Waals surface area contributed by atoms with E-state index in [2.05, 4.69) is 15.9 Å². The zero-order chi connectivity index (χ0) is 13.2. The fraction of sp³-hybridized carbons (Fsp3) is 0.300. The topological polar surface area (TPSA) is 20.3 Å². The molecular weight excluding hydrogens is 414 g/mol. The summed E-state index contributed by atoms with van der Waals surface area (Å²) in [7, 11) is 1.13. The molecule has 2 nitrogen and oxygen atoms in total. The van der Waals surface area contributed by atoms with Crippen molar-refractivity contribution in [3.8, 4) is 0 Å². The second-order valence-corrected chi connectivity index (χ2v) is 5.50. The third-order valence-electron chi connectivity index (χ3n) is 1.92. The molecule has 0 heterocycles. The van der Waals surface area contributed by atoms with Crippen LogP contribution in [-0.4, -0.2) is 30.6 Å². The molecule has 0 unspecified atom stereocenters. The lowest BCUT2D eigenvalue weighted by Gasteiger charge is -2.19. The Bertz CT molecular complexity index is 436. The number of rotatable bonds is 2. The predicted octanol–water partition coefficient (Wildman–Crippen LogP) is 3.69. The molecule has 0 atom stereocenters. The van der Waals surface area contributed by atoms with Crippen LogP contribution in [0.3, 0.4) is 0 Å². The van der Waals surface area contributed by atoms with Crippen LogP contribution in [0.1, 0.15) is 10.4 Å². The van der Waals surface area contributed by atoms with E-state index in [-0.39, 0.29) is 5.56 Å². The first-order chi connectivity index (χ1) is 7.70. The molecule has 0 bridgehead atoms. The summed E-state index contributed by atoms with van der Waals surface area (Å²) >= 11 is 5.14. The number of hydrogen-bond donors (Lipinski definition) is 0. The molecule has 0 saturated heterocycles. The minimum Gasteiger partial charge on any atom is -0.333 e. The molecule has 1 amide bonds. The summed E-state index contributed by atoms with van der Waals surface area (Å²) < 4.78 is 37.7. The van der Waals surface area contributed by atoms with Gasteiger partial charge in [-0.2, -0.15) is 13.2 Å². The molecule has 0 spiro atoms. The summed E-state index contributed by atoms with van der Waals surface area (Å²) in [6, 6.07) is 4.93. The molecule has 94 valence electrons. The molecule has 7 heteroatoms. The number of hydrogen-bond acceptors (Lipinski definition) is 1. The van der Waals surface area contributed by atoms with Crippen molar-refractivity contribution in [2.75, 3.05) is 13.6 Å². The zero-order valence-corrected chi connectivity index (χ0v) is 12.4. The van der Waals surface area contributed by atoms with Gasteiger partial charge in [0.2, 0.25) is 0 Å². The Morgan fingerprint density at radius 2 is 2.06 bits per heavy atom. The number of alkyl halides is 3. The fourth-order valence-electron chi connectivity index (χ4n) is 1.21. The Morgan fingerprint density at radius 1 is 1.47 bits per heavy atom. The van der Waals surface area contributed by atoms with E-state index in [1.807, 2.05) is 22.6 Å². The number of nitrogens with zero attached hydrogens (tertiary/aromatic N) is 1. The summed E-state index contributed by atoms with van der Waals surface area (Å²) in [6.07, 6.45) is -4.39. The van der Waals surface area contributed by atoms with Crippen molar-refractivity contribution in [2.45, 2.75) is 6.18 Å². The highest BCUT2D eigenvalue weighted by atomic mass is 127. The predicted molar refractivity (Wildman–Crippen MR) is 69.9 cm³/mol. The highest BCUT2D eigenvalue weighted by Crippen LogP contribution is 2.22. The molecule has 0 aliphatic heterocycles. The Kier molecular flexibility index (Phi) is 4.82. The van der Waals surface area contributed by atoms with E-state index in [9.17, 15) is 18.0 Å². The number of halogens is 5. The minimum absolute atomic E-state index is 0.226. The van der Waals surface area contributed by atoms with Gasteiger partial charge < -0.3 is 4.90 Å². The first kappa shape index (κ1) is 14.7. The molecular formula is C10H8BrF3INO. The van der Waals surface area contributed by atoms with Crippen LogP contribution in [-0.2, 0) is 0 Å². The van der Waals surface area contributed by atoms with Crippen molar-refractivity contribution >= 4 is 44.4 Å². The quantitative estimate of drug-likeness (QED) is 0.667. The molecule has 0 aliphatic carbocycles. The van der Waals surface area contributed by atoms with Gasteiger partial charge in [0.1, 0.15) is 6.54 Å². The smallest absolute Gasteiger partial charge is 0.333 e. The van der Waals surface area contributed by atoms with Gasteiger partial charge in [0.05, 0.1) is 5.56 Å². The maximum absolute atomic E-state index is 12.2. The molecule has 0 saturated carbocycles. The van der Waals surface area contributed by atoms with Gasteiger partial charge in [-0.3, -0.25) is 4.79 Å². The van der Waals surface area contributed by atoms with Crippen LogP contribution in [0.4, 0.5) is 13.2 Å². The lowest BCUT2D eigenvalue weighted by molar-refractivity contribution is -0.138. The summed E-state index contributed by atoms with van der Waals surface area (Å²) in [6.45, 7) is -1.26. The highest BCUT2D eigenvalue weighted by molar-refractivity contribution is 14.1. The van der Waals surface area contributed by atoms with Crippen molar-refractivity contribution in [1.82, 2.24) is 4.90 Å². The van der Waals surface area contributed by atoms with Crippen LogP contribution < -0.4 is 0 Å². The summed E-state index contributed by atoms with van der Waals surface area (Å²) in [4.78, 5) is 12.4. The van der Waals surface area contributed by atoms with Gasteiger partial charge in [-0.15, -0.1) is 0 Å². The third-order valence-corrected chi connectivity index (χ3v) is 3.28. The SMILES string of the molecule is CN(CC(F)(F)F)C(=O)c1cc(I)ccc1Br. The van der Waals surface area contributed by atoms with Gasteiger partial charge in [0.25, 0.3) is 5.91 Å². The Morgan fingerprint density at radius 3 is 2.59 bits per heavy atom. The van der Waals surface area contributed by atoms with Crippen LogP contribution in [0.25, 0.3) is 0 Å². The highest BCUT2D eigenvalue weighted by Gasteiger charge is 2.31. The fourth-order valence-corrected chi connectivity index (χ4v) is 2.12. The Hall–Kier alpha value is -0.310. The average Bonchev–Trinajstić information content (AvgIpc) is 2.18. The van der Waals surface area contributed by atoms with Gasteiger partial charge >= 0.3 is 6.18 Å². The average molecular weight is 422 g/mol. The van der Waals surface area contributed by atoms with Gasteiger partial charge in [-0.1, -0.05) is 0 Å². The van der Waals surface area contributed by atoms with Crippen LogP contribution >= 0.6 is 38.5 Å². The van der Waals surface area contributed by atoms with Crippen LogP contribution in [0.2, 0.25) is 0 Å². The molecule has 0 N–H and O–H groups in total. The van der Waals surface area contributed by atoms with Crippen molar-refractivity contribution in [3.63, 3.8) is 0 Å². The molecule has 0 fully saturated rings. The molecule has 1 aromatic carbocycles. The van der Waals surface area contributed by atoms with Crippen LogP contribution in [0, 0.1) is 3.57 Å². The van der Waals surface area contributed by atoms with E-state index in [1.165, 1.54) is 0 Å². The first-order valence-corrected chi connectivity index (χ1v) is 6.35. The number of amides is 1. The van der Waals surface area contributed by atoms with E-state index in [1.54, 1.807) is 18.2 Å². The number of carbonyl (C=O) groups excluding carboxylic acids is 1. The minimum atomic E-state index is -4.39. The van der Waals surface area contributed by atoms with E-state index in [0.29, 0.717) is 9.37 Å². The summed E-state index contributed by atoms with van der Waals surface area (Å²) in [5.74, 6) is -0.660. The maximum Gasteiger partial charge on any atom is 0.406 e. The van der Waals surface area contributed by atoms with E-state index < -0.39 is 18.6 Å². The molecule has 0 aromatic heterocycles. The van der Waals surface area contributed by atoms with E-state index in [0.717, 1.165) is 10.6 Å². The lowest BCUT2D eigenvalue weighted by atomic mass is 10.2. The van der Waals surface area contributed by atoms with Gasteiger partial charge in [0.15, 0.2) is 0 Å². The van der Waals surface area contributed by atoms with Crippen LogP contribution in [0.5, 0.6) is 0 Å². The number of carbonyl (C=O) groups is 1. The standard InChI is InChI=1S/C10H8BrF3INO/c1-16(5-10(12,13)14)9(17)7-4-6(15)2-3-8(7)11/h2-4H,5H2,1H3. The molecule has 0 radical (unpaired) electrons. The summed E-state index contributed by atoms with van der Waals surface area (Å²) in [5, 5.41) is 0. The van der Waals surface area contributed by atoms with Gasteiger partial charge in [-0.05, 0) is 56.7 Å². The second-order valence-electron chi connectivity index (χ2n) is 3.40. The van der Waals surface area contributed by atoms with Crippen molar-refractivity contribution in [3.05, 3.63) is 31.8 Å². The zero-order valence-electron chi connectivity index (χ0n) is 8.68. The maximum atomic E-state index is 12.2. The van der Waals surface area contributed by atoms with Crippen molar-refractivity contribution < 1.29 is 18.0 Å². The van der Waals surface area contributed by atoms with Gasteiger partial charge in [0, 0.05) is 15.1 Å². The molecule has 1 rings (SSSR count). The second kappa shape index (κ2) is 5.55. The van der Waals surface area contributed by atoms with Gasteiger partial charge in [-0.25, -0.2) is 0 Å². The normalized spacial score (nSPS) is 11.4. The Labute approximate surface area is 118 Å². The van der Waals surface area contributed by atoms with E-state index >= 15 is 0 Å². The van der Waals surface area contributed by atoms with Crippen molar-refractivity contribution in [1.29, 1.82) is 0 Å². The third kappa shape index (κ3) is 4.46.